The van der Waals surface area contributed by atoms with E-state index in [1.54, 1.807) is 0 Å². The maximum absolute atomic E-state index is 5.72. The van der Waals surface area contributed by atoms with Crippen LogP contribution in [0, 0.1) is 0 Å². The lowest BCUT2D eigenvalue weighted by Crippen LogP contribution is -1.95. The molecule has 0 saturated carbocycles. The molecular weight excluding hydrogens is 1360 g/mol. The fourth-order valence-corrected chi connectivity index (χ4v) is 10.1. The topological polar surface area (TPSA) is 46.2 Å². The summed E-state index contributed by atoms with van der Waals surface area (Å²) in [5, 5.41) is 0. The molecule has 15 heteroatoms. The van der Waals surface area contributed by atoms with Crippen LogP contribution in [0.1, 0.15) is 154 Å². The summed E-state index contributed by atoms with van der Waals surface area (Å²) in [6.07, 6.45) is 18.3. The van der Waals surface area contributed by atoms with Crippen molar-refractivity contribution in [2.45, 2.75) is 188 Å². The van der Waals surface area contributed by atoms with Crippen LogP contribution in [-0.4, -0.2) is 0 Å². The molecule has 0 aliphatic rings. The van der Waals surface area contributed by atoms with Gasteiger partial charge >= 0.3 is 0 Å². The highest BCUT2D eigenvalue weighted by Gasteiger charge is 2.04. The van der Waals surface area contributed by atoms with Crippen LogP contribution in [0.4, 0.5) is 23.5 Å². The zero-order valence-electron chi connectivity index (χ0n) is 58.4. The average Bonchev–Trinajstić information content (AvgIpc) is 1.06. The van der Waals surface area contributed by atoms with E-state index >= 15 is 0 Å². The quantitative estimate of drug-likeness (QED) is 0.0420. The highest BCUT2D eigenvalue weighted by Crippen LogP contribution is 2.23. The van der Waals surface area contributed by atoms with Gasteiger partial charge in [-0.1, -0.05) is 251 Å². The van der Waals surface area contributed by atoms with E-state index in [2.05, 4.69) is 156 Å². The molecule has 0 aromatic heterocycles. The monoisotopic (exact) mass is 1460 g/mol. The molecule has 5 nitrogen and oxygen atoms in total. The molecule has 100 heavy (non-hydrogen) atoms. The molecule has 535 valence electrons. The van der Waals surface area contributed by atoms with Gasteiger partial charge in [0.2, 0.25) is 0 Å². The largest absolute Gasteiger partial charge is 0.489 e. The lowest BCUT2D eigenvalue weighted by Gasteiger charge is -2.07. The Morgan fingerprint density at radius 3 is 0.420 bits per heavy atom. The van der Waals surface area contributed by atoms with Crippen molar-refractivity contribution in [1.82, 2.24) is 0 Å². The van der Waals surface area contributed by atoms with Crippen molar-refractivity contribution in [1.29, 1.82) is 0 Å². The number of unbranched alkanes of at least 4 members (excludes halogenated alkanes) is 5. The van der Waals surface area contributed by atoms with E-state index in [1.807, 2.05) is 121 Å². The van der Waals surface area contributed by atoms with E-state index in [1.165, 1.54) is 120 Å². The molecule has 0 unspecified atom stereocenters. The third-order valence-electron chi connectivity index (χ3n) is 15.4. The van der Waals surface area contributed by atoms with Gasteiger partial charge in [0.15, 0.2) is 0 Å². The molecule has 0 spiro atoms. The molecule has 10 aromatic rings. The summed E-state index contributed by atoms with van der Waals surface area (Å²) in [6, 6.07) is 81.4. The molecule has 0 heterocycles. The Balaban J connectivity index is 0.000000617. The molecule has 0 fully saturated rings. The van der Waals surface area contributed by atoms with E-state index < -0.39 is 0 Å². The summed E-state index contributed by atoms with van der Waals surface area (Å²) in [5.41, 5.74) is 13.0. The van der Waals surface area contributed by atoms with Gasteiger partial charge in [-0.3, -0.25) is 23.5 Å². The van der Waals surface area contributed by atoms with Crippen LogP contribution in [-0.2, 0) is 65.1 Å². The van der Waals surface area contributed by atoms with Crippen molar-refractivity contribution < 1.29 is 47.2 Å². The Kier molecular flexibility index (Phi) is 48.4. The first kappa shape index (κ1) is 90.0. The first-order valence-electron chi connectivity index (χ1n) is 33.8. The van der Waals surface area contributed by atoms with Gasteiger partial charge in [0, 0.05) is 24.5 Å². The summed E-state index contributed by atoms with van der Waals surface area (Å²) in [5.74, 6) is 4.32. The van der Waals surface area contributed by atoms with Gasteiger partial charge in [0.05, 0.1) is 0 Å². The van der Waals surface area contributed by atoms with Crippen LogP contribution in [0.25, 0.3) is 0 Å². The highest BCUT2D eigenvalue weighted by atomic mass is 32.1. The summed E-state index contributed by atoms with van der Waals surface area (Å²) >= 11 is 25.2. The normalized spacial score (nSPS) is 9.85. The number of benzene rings is 10. The van der Waals surface area contributed by atoms with E-state index in [-0.39, 0.29) is 23.5 Å². The van der Waals surface area contributed by atoms with Crippen LogP contribution in [0.3, 0.4) is 0 Å². The molecule has 0 saturated heterocycles. The predicted molar refractivity (Wildman–Crippen MR) is 421 cm³/mol. The van der Waals surface area contributed by atoms with Crippen LogP contribution < -0.4 is 23.7 Å². The maximum atomic E-state index is 5.72. The van der Waals surface area contributed by atoms with E-state index in [4.69, 9.17) is 86.8 Å². The standard InChI is InChI=1S/5C17H19OS.5FH/c5*1-2-3-4-14-5-7-15(8-6-14)13-18-16-9-11-17(19)12-10-16;;;;;/h5*5-12H,2-4,13H2,1H3;5*1H. The van der Waals surface area contributed by atoms with Crippen molar-refractivity contribution in [2.75, 3.05) is 0 Å². The highest BCUT2D eigenvalue weighted by molar-refractivity contribution is 7.81. The zero-order valence-corrected chi connectivity index (χ0v) is 62.4. The third kappa shape index (κ3) is 37.9. The first-order chi connectivity index (χ1) is 46.4. The number of ether oxygens (including phenoxy) is 5. The van der Waals surface area contributed by atoms with E-state index in [9.17, 15) is 0 Å². The minimum atomic E-state index is 0. The van der Waals surface area contributed by atoms with Gasteiger partial charge in [0.1, 0.15) is 61.8 Å². The molecule has 0 atom stereocenters. The Hall–Kier alpha value is -8.05. The van der Waals surface area contributed by atoms with Crippen molar-refractivity contribution in [3.8, 4) is 28.7 Å². The molecule has 10 aromatic carbocycles. The SMILES string of the molecule is CCCCc1ccc(COc2ccc([S])cc2)cc1.CCCCc1ccc(COc2ccc([S])cc2)cc1.CCCCc1ccc(COc2ccc([S])cc2)cc1.CCCCc1ccc(COc2ccc([S])cc2)cc1.CCCCc1ccc(COc2ccc([S])cc2)cc1.F.F.F.F.F. The Bertz CT molecular complexity index is 3030. The van der Waals surface area contributed by atoms with Crippen LogP contribution in [0.2, 0.25) is 0 Å². The average molecular weight is 1460 g/mol. The molecule has 0 aliphatic heterocycles. The molecule has 0 aliphatic carbocycles. The lowest BCUT2D eigenvalue weighted by atomic mass is 10.1. The molecule has 5 radical (unpaired) electrons. The lowest BCUT2D eigenvalue weighted by molar-refractivity contribution is 0.306. The minimum absolute atomic E-state index is 0. The molecule has 10 rings (SSSR count). The van der Waals surface area contributed by atoms with Crippen molar-refractivity contribution in [2.24, 2.45) is 0 Å². The van der Waals surface area contributed by atoms with Gasteiger partial charge in [-0.15, -0.1) is 0 Å². The smallest absolute Gasteiger partial charge is 0.119 e. The summed E-state index contributed by atoms with van der Waals surface area (Å²) in [6.45, 7) is 14.1. The summed E-state index contributed by atoms with van der Waals surface area (Å²) < 4.78 is 28.6. The van der Waals surface area contributed by atoms with Crippen molar-refractivity contribution >= 4 is 63.1 Å². The number of aryl methyl sites for hydroxylation is 5. The fourth-order valence-electron chi connectivity index (χ4n) is 9.43. The molecular formula is C85H100F5O5S5. The van der Waals surface area contributed by atoms with Gasteiger partial charge in [-0.25, -0.2) is 0 Å². The van der Waals surface area contributed by atoms with Gasteiger partial charge in [-0.05, 0) is 241 Å². The van der Waals surface area contributed by atoms with Crippen LogP contribution in [0.5, 0.6) is 28.7 Å². The van der Waals surface area contributed by atoms with E-state index in [0.29, 0.717) is 33.0 Å². The first-order valence-corrected chi connectivity index (χ1v) is 35.8. The van der Waals surface area contributed by atoms with Gasteiger partial charge in [-0.2, -0.15) is 0 Å². The predicted octanol–water partition coefficient (Wildman–Crippen LogP) is 26.6. The second-order valence-electron chi connectivity index (χ2n) is 23.4. The maximum Gasteiger partial charge on any atom is 0.119 e. The van der Waals surface area contributed by atoms with Crippen molar-refractivity contribution in [3.05, 3.63) is 298 Å². The summed E-state index contributed by atoms with van der Waals surface area (Å²) in [7, 11) is 0. The second-order valence-corrected chi connectivity index (χ2v) is 25.8. The third-order valence-corrected chi connectivity index (χ3v) is 16.7. The number of hydrogen-bond acceptors (Lipinski definition) is 5. The summed E-state index contributed by atoms with van der Waals surface area (Å²) in [4.78, 5) is 4.20. The minimum Gasteiger partial charge on any atom is -0.489 e. The number of rotatable bonds is 30. The molecule has 0 amide bonds. The van der Waals surface area contributed by atoms with Crippen LogP contribution >= 0.6 is 63.1 Å². The van der Waals surface area contributed by atoms with Gasteiger partial charge < -0.3 is 23.7 Å². The fraction of sp³-hybridized carbons (Fsp3) is 0.294. The Morgan fingerprint density at radius 1 is 0.180 bits per heavy atom. The van der Waals surface area contributed by atoms with E-state index in [0.717, 1.165) is 85.3 Å². The number of halogens is 5. The second kappa shape index (κ2) is 53.8. The Morgan fingerprint density at radius 2 is 0.300 bits per heavy atom. The number of hydrogen-bond donors (Lipinski definition) is 0. The van der Waals surface area contributed by atoms with Crippen LogP contribution in [0.15, 0.2) is 267 Å². The zero-order chi connectivity index (χ0) is 67.5. The Labute approximate surface area is 621 Å². The van der Waals surface area contributed by atoms with Gasteiger partial charge in [0.25, 0.3) is 0 Å². The van der Waals surface area contributed by atoms with Crippen molar-refractivity contribution in [3.63, 3.8) is 0 Å². The molecule has 0 bridgehead atoms. The molecule has 0 N–H and O–H groups in total.